The van der Waals surface area contributed by atoms with Gasteiger partial charge in [-0.25, -0.2) is 4.39 Å². The quantitative estimate of drug-likeness (QED) is 0.836. The largest absolute Gasteiger partial charge is 0.378 e. The van der Waals surface area contributed by atoms with Crippen LogP contribution in [0.4, 0.5) is 10.1 Å². The molecule has 0 aromatic heterocycles. The fraction of sp³-hybridized carbons (Fsp3) is 0.467. The summed E-state index contributed by atoms with van der Waals surface area (Å²) in [4.78, 5) is 25.9. The molecule has 126 valence electrons. The first-order valence-electron chi connectivity index (χ1n) is 7.34. The number of halogens is 2. The third kappa shape index (κ3) is 3.80. The number of ether oxygens (including phenoxy) is 1. The van der Waals surface area contributed by atoms with Crippen LogP contribution in [0.2, 0.25) is 0 Å². The van der Waals surface area contributed by atoms with Crippen molar-refractivity contribution in [3.05, 3.63) is 30.1 Å². The average Bonchev–Trinajstić information content (AvgIpc) is 2.90. The number of benzene rings is 1. The lowest BCUT2D eigenvalue weighted by Gasteiger charge is -2.24. The van der Waals surface area contributed by atoms with Crippen molar-refractivity contribution in [1.82, 2.24) is 10.6 Å². The molecule has 2 aliphatic heterocycles. The monoisotopic (exact) mass is 343 g/mol. The molecular weight excluding hydrogens is 325 g/mol. The van der Waals surface area contributed by atoms with Gasteiger partial charge in [-0.2, -0.15) is 0 Å². The van der Waals surface area contributed by atoms with Crippen LogP contribution in [0.25, 0.3) is 0 Å². The number of amides is 2. The van der Waals surface area contributed by atoms with Crippen LogP contribution < -0.4 is 15.5 Å². The van der Waals surface area contributed by atoms with Crippen molar-refractivity contribution >= 4 is 29.9 Å². The summed E-state index contributed by atoms with van der Waals surface area (Å²) in [6.45, 7) is 1.87. The fourth-order valence-electron chi connectivity index (χ4n) is 2.73. The van der Waals surface area contributed by atoms with Gasteiger partial charge in [0.2, 0.25) is 11.8 Å². The van der Waals surface area contributed by atoms with E-state index in [9.17, 15) is 14.0 Å². The first-order chi connectivity index (χ1) is 10.7. The number of morpholine rings is 1. The van der Waals surface area contributed by atoms with E-state index in [0.29, 0.717) is 32.7 Å². The zero-order valence-electron chi connectivity index (χ0n) is 12.5. The van der Waals surface area contributed by atoms with Crippen LogP contribution in [0.1, 0.15) is 6.42 Å². The van der Waals surface area contributed by atoms with E-state index in [1.165, 1.54) is 11.0 Å². The molecular formula is C15H19ClFN3O3. The van der Waals surface area contributed by atoms with Crippen LogP contribution >= 0.6 is 12.4 Å². The molecule has 0 saturated carbocycles. The third-order valence-corrected chi connectivity index (χ3v) is 3.90. The lowest BCUT2D eigenvalue weighted by molar-refractivity contribution is -0.129. The standard InChI is InChI=1S/C15H18FN3O3.ClH/c16-10-3-1-2-4-13(10)19-7-5-11(15(19)21)18-14(20)12-9-22-8-6-17-12;/h1-4,11-12,17H,5-9H2,(H,18,20);1H. The zero-order chi connectivity index (χ0) is 15.5. The number of hydrogen-bond donors (Lipinski definition) is 2. The third-order valence-electron chi connectivity index (χ3n) is 3.90. The first kappa shape index (κ1) is 17.7. The number of nitrogens with one attached hydrogen (secondary N) is 2. The molecule has 2 fully saturated rings. The Balaban J connectivity index is 0.00000192. The van der Waals surface area contributed by atoms with Crippen LogP contribution in [-0.4, -0.2) is 50.2 Å². The van der Waals surface area contributed by atoms with Crippen LogP contribution in [0.15, 0.2) is 24.3 Å². The molecule has 6 nitrogen and oxygen atoms in total. The summed E-state index contributed by atoms with van der Waals surface area (Å²) in [5, 5.41) is 5.76. The molecule has 0 bridgehead atoms. The number of carbonyl (C=O) groups excluding carboxylic acids is 2. The summed E-state index contributed by atoms with van der Waals surface area (Å²) in [7, 11) is 0. The second kappa shape index (κ2) is 7.72. The van der Waals surface area contributed by atoms with Crippen LogP contribution in [0.3, 0.4) is 0 Å². The normalized spacial score (nSPS) is 24.2. The molecule has 0 spiro atoms. The molecule has 2 amide bonds. The zero-order valence-corrected chi connectivity index (χ0v) is 13.3. The number of carbonyl (C=O) groups is 2. The summed E-state index contributed by atoms with van der Waals surface area (Å²) < 4.78 is 19.0. The lowest BCUT2D eigenvalue weighted by atomic mass is 10.2. The minimum atomic E-state index is -0.615. The van der Waals surface area contributed by atoms with E-state index in [0.717, 1.165) is 0 Å². The van der Waals surface area contributed by atoms with Crippen molar-refractivity contribution in [2.24, 2.45) is 0 Å². The maximum absolute atomic E-state index is 13.8. The molecule has 0 aliphatic carbocycles. The second-order valence-electron chi connectivity index (χ2n) is 5.37. The van der Waals surface area contributed by atoms with Gasteiger partial charge in [-0.05, 0) is 18.6 Å². The number of para-hydroxylation sites is 1. The van der Waals surface area contributed by atoms with E-state index in [4.69, 9.17) is 4.74 Å². The molecule has 1 aromatic carbocycles. The summed E-state index contributed by atoms with van der Waals surface area (Å²) >= 11 is 0. The van der Waals surface area contributed by atoms with Crippen molar-refractivity contribution in [3.63, 3.8) is 0 Å². The van der Waals surface area contributed by atoms with Gasteiger partial charge in [0.1, 0.15) is 17.9 Å². The molecule has 8 heteroatoms. The Morgan fingerprint density at radius 3 is 2.87 bits per heavy atom. The van der Waals surface area contributed by atoms with E-state index in [2.05, 4.69) is 10.6 Å². The van der Waals surface area contributed by atoms with Crippen LogP contribution in [0, 0.1) is 5.82 Å². The van der Waals surface area contributed by atoms with E-state index in [1.807, 2.05) is 0 Å². The number of rotatable bonds is 3. The Bertz CT molecular complexity index is 581. The van der Waals surface area contributed by atoms with Gasteiger partial charge in [0.25, 0.3) is 0 Å². The maximum Gasteiger partial charge on any atom is 0.249 e. The highest BCUT2D eigenvalue weighted by atomic mass is 35.5. The predicted octanol–water partition coefficient (Wildman–Crippen LogP) is 0.457. The molecule has 3 rings (SSSR count). The number of hydrogen-bond acceptors (Lipinski definition) is 4. The molecule has 2 unspecified atom stereocenters. The Morgan fingerprint density at radius 1 is 1.39 bits per heavy atom. The SMILES string of the molecule is Cl.O=C(NC1CCN(c2ccccc2F)C1=O)C1COCCN1. The second-order valence-corrected chi connectivity index (χ2v) is 5.37. The van der Waals surface area contributed by atoms with Crippen molar-refractivity contribution in [2.75, 3.05) is 31.2 Å². The Hall–Kier alpha value is -1.70. The maximum atomic E-state index is 13.8. The van der Waals surface area contributed by atoms with E-state index in [1.54, 1.807) is 18.2 Å². The van der Waals surface area contributed by atoms with Gasteiger partial charge in [-0.1, -0.05) is 12.1 Å². The van der Waals surface area contributed by atoms with E-state index < -0.39 is 17.9 Å². The highest BCUT2D eigenvalue weighted by Gasteiger charge is 2.36. The highest BCUT2D eigenvalue weighted by Crippen LogP contribution is 2.24. The fourth-order valence-corrected chi connectivity index (χ4v) is 2.73. The molecule has 2 atom stereocenters. The van der Waals surface area contributed by atoms with Gasteiger partial charge in [-0.15, -0.1) is 12.4 Å². The number of anilines is 1. The minimum Gasteiger partial charge on any atom is -0.378 e. The number of nitrogens with zero attached hydrogens (tertiary/aromatic N) is 1. The molecule has 2 aliphatic rings. The smallest absolute Gasteiger partial charge is 0.249 e. The highest BCUT2D eigenvalue weighted by molar-refractivity contribution is 6.01. The molecule has 2 heterocycles. The van der Waals surface area contributed by atoms with Crippen molar-refractivity contribution < 1.29 is 18.7 Å². The topological polar surface area (TPSA) is 70.7 Å². The summed E-state index contributed by atoms with van der Waals surface area (Å²) in [5.74, 6) is -0.978. The minimum absolute atomic E-state index is 0. The molecule has 1 aromatic rings. The molecule has 2 saturated heterocycles. The van der Waals surface area contributed by atoms with Crippen LogP contribution in [0.5, 0.6) is 0 Å². The van der Waals surface area contributed by atoms with E-state index in [-0.39, 0.29) is 29.9 Å². The molecule has 23 heavy (non-hydrogen) atoms. The van der Waals surface area contributed by atoms with Gasteiger partial charge in [-0.3, -0.25) is 9.59 Å². The average molecular weight is 344 g/mol. The summed E-state index contributed by atoms with van der Waals surface area (Å²) in [5.41, 5.74) is 0.253. The van der Waals surface area contributed by atoms with Gasteiger partial charge in [0, 0.05) is 13.1 Å². The Labute approximate surface area is 139 Å². The van der Waals surface area contributed by atoms with Crippen molar-refractivity contribution in [1.29, 1.82) is 0 Å². The Kier molecular flexibility index (Phi) is 5.92. The Morgan fingerprint density at radius 2 is 2.17 bits per heavy atom. The van der Waals surface area contributed by atoms with Gasteiger partial charge >= 0.3 is 0 Å². The van der Waals surface area contributed by atoms with Gasteiger partial charge < -0.3 is 20.3 Å². The molecule has 2 N–H and O–H groups in total. The summed E-state index contributed by atoms with van der Waals surface area (Å²) in [6, 6.07) is 5.08. The van der Waals surface area contributed by atoms with Crippen LogP contribution in [-0.2, 0) is 14.3 Å². The van der Waals surface area contributed by atoms with Crippen molar-refractivity contribution in [2.45, 2.75) is 18.5 Å². The van der Waals surface area contributed by atoms with Gasteiger partial charge in [0.05, 0.1) is 18.9 Å². The van der Waals surface area contributed by atoms with Crippen molar-refractivity contribution in [3.8, 4) is 0 Å². The summed E-state index contributed by atoms with van der Waals surface area (Å²) in [6.07, 6.45) is 0.465. The van der Waals surface area contributed by atoms with Gasteiger partial charge in [0.15, 0.2) is 0 Å². The van der Waals surface area contributed by atoms with E-state index >= 15 is 0 Å². The predicted molar refractivity (Wildman–Crippen MR) is 85.2 cm³/mol. The lowest BCUT2D eigenvalue weighted by Crippen LogP contribution is -2.54. The first-order valence-corrected chi connectivity index (χ1v) is 7.34. The molecule has 0 radical (unpaired) electrons.